The van der Waals surface area contributed by atoms with Crippen LogP contribution in [0.4, 0.5) is 0 Å². The first-order chi connectivity index (χ1) is 8.99. The van der Waals surface area contributed by atoms with Gasteiger partial charge in [0.15, 0.2) is 0 Å². The van der Waals surface area contributed by atoms with E-state index in [1.54, 1.807) is 0 Å². The van der Waals surface area contributed by atoms with Gasteiger partial charge in [-0.2, -0.15) is 0 Å². The molecule has 19 heavy (non-hydrogen) atoms. The zero-order valence-electron chi connectivity index (χ0n) is 10.7. The van der Waals surface area contributed by atoms with Gasteiger partial charge in [0.05, 0.1) is 6.54 Å². The summed E-state index contributed by atoms with van der Waals surface area (Å²) in [6.45, 7) is 0.878. The van der Waals surface area contributed by atoms with Crippen LogP contribution in [-0.2, 0) is 14.4 Å². The van der Waals surface area contributed by atoms with Gasteiger partial charge in [-0.05, 0) is 38.1 Å². The second-order valence-corrected chi connectivity index (χ2v) is 4.82. The molecule has 7 heteroatoms. The van der Waals surface area contributed by atoms with E-state index in [-0.39, 0.29) is 31.7 Å². The van der Waals surface area contributed by atoms with E-state index in [0.29, 0.717) is 5.92 Å². The minimum atomic E-state index is -1.14. The van der Waals surface area contributed by atoms with Gasteiger partial charge in [0.1, 0.15) is 6.04 Å². The third-order valence-electron chi connectivity index (χ3n) is 2.93. The SMILES string of the molecule is O=C(O)CCC[C@@H](NC(=O)CNCC1CC1)C(=O)O. The fraction of sp³-hybridized carbons (Fsp3) is 0.750. The molecule has 1 saturated carbocycles. The Balaban J connectivity index is 2.20. The monoisotopic (exact) mass is 272 g/mol. The molecule has 1 aliphatic carbocycles. The highest BCUT2D eigenvalue weighted by Crippen LogP contribution is 2.27. The molecule has 0 aliphatic heterocycles. The molecule has 1 aliphatic rings. The van der Waals surface area contributed by atoms with Crippen molar-refractivity contribution in [1.82, 2.24) is 10.6 Å². The smallest absolute Gasteiger partial charge is 0.326 e. The minimum Gasteiger partial charge on any atom is -0.481 e. The van der Waals surface area contributed by atoms with Gasteiger partial charge in [-0.3, -0.25) is 9.59 Å². The molecule has 0 unspecified atom stereocenters. The number of nitrogens with one attached hydrogen (secondary N) is 2. The molecule has 7 nitrogen and oxygen atoms in total. The third-order valence-corrected chi connectivity index (χ3v) is 2.93. The van der Waals surface area contributed by atoms with Crippen LogP contribution in [0.5, 0.6) is 0 Å². The molecular weight excluding hydrogens is 252 g/mol. The second kappa shape index (κ2) is 7.73. The highest BCUT2D eigenvalue weighted by atomic mass is 16.4. The van der Waals surface area contributed by atoms with Gasteiger partial charge in [0, 0.05) is 6.42 Å². The quantitative estimate of drug-likeness (QED) is 0.438. The van der Waals surface area contributed by atoms with Crippen LogP contribution in [0.1, 0.15) is 32.1 Å². The molecule has 0 aromatic rings. The van der Waals surface area contributed by atoms with Crippen LogP contribution in [0.3, 0.4) is 0 Å². The van der Waals surface area contributed by atoms with Crippen molar-refractivity contribution in [3.63, 3.8) is 0 Å². The van der Waals surface area contributed by atoms with Crippen molar-refractivity contribution >= 4 is 17.8 Å². The van der Waals surface area contributed by atoms with Crippen molar-refractivity contribution in [3.05, 3.63) is 0 Å². The van der Waals surface area contributed by atoms with Crippen LogP contribution in [0.25, 0.3) is 0 Å². The van der Waals surface area contributed by atoms with Crippen molar-refractivity contribution in [3.8, 4) is 0 Å². The average Bonchev–Trinajstić information content (AvgIpc) is 3.11. The molecule has 1 rings (SSSR count). The lowest BCUT2D eigenvalue weighted by atomic mass is 10.1. The fourth-order valence-electron chi connectivity index (χ4n) is 1.67. The molecule has 4 N–H and O–H groups in total. The Morgan fingerprint density at radius 3 is 2.42 bits per heavy atom. The zero-order chi connectivity index (χ0) is 14.3. The predicted molar refractivity (Wildman–Crippen MR) is 66.6 cm³/mol. The Bertz CT molecular complexity index is 341. The summed E-state index contributed by atoms with van der Waals surface area (Å²) in [4.78, 5) is 32.8. The first-order valence-electron chi connectivity index (χ1n) is 6.43. The largest absolute Gasteiger partial charge is 0.481 e. The Kier molecular flexibility index (Phi) is 6.27. The summed E-state index contributed by atoms with van der Waals surface area (Å²) >= 11 is 0. The summed E-state index contributed by atoms with van der Waals surface area (Å²) in [7, 11) is 0. The molecule has 0 bridgehead atoms. The highest BCUT2D eigenvalue weighted by molar-refractivity contribution is 5.84. The van der Waals surface area contributed by atoms with E-state index >= 15 is 0 Å². The summed E-state index contributed by atoms with van der Waals surface area (Å²) in [5.74, 6) is -1.83. The number of carbonyl (C=O) groups is 3. The zero-order valence-corrected chi connectivity index (χ0v) is 10.7. The molecule has 0 spiro atoms. The fourth-order valence-corrected chi connectivity index (χ4v) is 1.67. The van der Waals surface area contributed by atoms with Gasteiger partial charge in [0.25, 0.3) is 0 Å². The van der Waals surface area contributed by atoms with Crippen molar-refractivity contribution in [1.29, 1.82) is 0 Å². The predicted octanol–water partition coefficient (Wildman–Crippen LogP) is -0.190. The van der Waals surface area contributed by atoms with Crippen molar-refractivity contribution < 1.29 is 24.6 Å². The van der Waals surface area contributed by atoms with Crippen LogP contribution >= 0.6 is 0 Å². The van der Waals surface area contributed by atoms with Gasteiger partial charge >= 0.3 is 11.9 Å². The van der Waals surface area contributed by atoms with E-state index in [4.69, 9.17) is 10.2 Å². The molecule has 1 amide bonds. The molecule has 1 fully saturated rings. The minimum absolute atomic E-state index is 0.0964. The van der Waals surface area contributed by atoms with E-state index in [2.05, 4.69) is 10.6 Å². The van der Waals surface area contributed by atoms with Crippen LogP contribution in [0, 0.1) is 5.92 Å². The van der Waals surface area contributed by atoms with E-state index < -0.39 is 18.0 Å². The lowest BCUT2D eigenvalue weighted by Crippen LogP contribution is -2.44. The number of hydrogen-bond donors (Lipinski definition) is 4. The first kappa shape index (κ1) is 15.4. The van der Waals surface area contributed by atoms with Gasteiger partial charge in [-0.1, -0.05) is 0 Å². The first-order valence-corrected chi connectivity index (χ1v) is 6.43. The lowest BCUT2D eigenvalue weighted by molar-refractivity contribution is -0.142. The van der Waals surface area contributed by atoms with E-state index in [1.165, 1.54) is 12.8 Å². The Labute approximate surface area is 111 Å². The maximum absolute atomic E-state index is 11.5. The summed E-state index contributed by atoms with van der Waals surface area (Å²) in [5, 5.41) is 22.8. The maximum Gasteiger partial charge on any atom is 0.326 e. The summed E-state index contributed by atoms with van der Waals surface area (Å²) in [6.07, 6.45) is 2.61. The number of amides is 1. The summed E-state index contributed by atoms with van der Waals surface area (Å²) < 4.78 is 0. The number of carbonyl (C=O) groups excluding carboxylic acids is 1. The summed E-state index contributed by atoms with van der Waals surface area (Å²) in [5.41, 5.74) is 0. The van der Waals surface area contributed by atoms with Crippen LogP contribution in [0.2, 0.25) is 0 Å². The normalized spacial score (nSPS) is 15.8. The van der Waals surface area contributed by atoms with E-state index in [9.17, 15) is 14.4 Å². The number of rotatable bonds is 10. The molecule has 0 radical (unpaired) electrons. The molecule has 0 aromatic carbocycles. The maximum atomic E-state index is 11.5. The van der Waals surface area contributed by atoms with Gasteiger partial charge in [-0.25, -0.2) is 4.79 Å². The standard InChI is InChI=1S/C12H20N2O5/c15-10(7-13-6-8-4-5-8)14-9(12(18)19)2-1-3-11(16)17/h8-9,13H,1-7H2,(H,14,15)(H,16,17)(H,18,19)/t9-/m1/s1. The van der Waals surface area contributed by atoms with Crippen molar-refractivity contribution in [2.45, 2.75) is 38.1 Å². The molecule has 0 heterocycles. The summed E-state index contributed by atoms with van der Waals surface area (Å²) in [6, 6.07) is -1.02. The number of carboxylic acids is 2. The molecule has 108 valence electrons. The van der Waals surface area contributed by atoms with E-state index in [0.717, 1.165) is 6.54 Å². The molecular formula is C12H20N2O5. The lowest BCUT2D eigenvalue weighted by Gasteiger charge is -2.14. The van der Waals surface area contributed by atoms with Gasteiger partial charge < -0.3 is 20.8 Å². The topological polar surface area (TPSA) is 116 Å². The van der Waals surface area contributed by atoms with Gasteiger partial charge in [0.2, 0.25) is 5.91 Å². The highest BCUT2D eigenvalue weighted by Gasteiger charge is 2.22. The number of hydrogen-bond acceptors (Lipinski definition) is 4. The molecule has 0 aromatic heterocycles. The van der Waals surface area contributed by atoms with Crippen LogP contribution in [0.15, 0.2) is 0 Å². The Morgan fingerprint density at radius 2 is 1.89 bits per heavy atom. The number of aliphatic carboxylic acids is 2. The molecule has 1 atom stereocenters. The van der Waals surface area contributed by atoms with Crippen LogP contribution < -0.4 is 10.6 Å². The number of carboxylic acid groups (broad SMARTS) is 2. The Hall–Kier alpha value is -1.63. The van der Waals surface area contributed by atoms with Crippen molar-refractivity contribution in [2.75, 3.05) is 13.1 Å². The third kappa shape index (κ3) is 7.40. The van der Waals surface area contributed by atoms with Crippen molar-refractivity contribution in [2.24, 2.45) is 5.92 Å². The molecule has 0 saturated heterocycles. The average molecular weight is 272 g/mol. The Morgan fingerprint density at radius 1 is 1.21 bits per heavy atom. The second-order valence-electron chi connectivity index (χ2n) is 4.82. The van der Waals surface area contributed by atoms with Gasteiger partial charge in [-0.15, -0.1) is 0 Å². The van der Waals surface area contributed by atoms with Crippen LogP contribution in [-0.4, -0.2) is 47.2 Å². The van der Waals surface area contributed by atoms with E-state index in [1.807, 2.05) is 0 Å².